The van der Waals surface area contributed by atoms with Gasteiger partial charge in [-0.25, -0.2) is 15.0 Å². The van der Waals surface area contributed by atoms with Gasteiger partial charge in [0.05, 0.1) is 10.6 Å². The number of thiophene rings is 1. The van der Waals surface area contributed by atoms with Crippen LogP contribution >= 0.6 is 22.7 Å². The Morgan fingerprint density at radius 1 is 1.00 bits per heavy atom. The van der Waals surface area contributed by atoms with Crippen molar-refractivity contribution in [3.05, 3.63) is 41.4 Å². The van der Waals surface area contributed by atoms with Crippen LogP contribution in [-0.2, 0) is 0 Å². The monoisotopic (exact) mass is 245 g/mol. The minimum Gasteiger partial charge on any atom is -0.234 e. The van der Waals surface area contributed by atoms with E-state index >= 15 is 0 Å². The molecule has 0 radical (unpaired) electrons. The van der Waals surface area contributed by atoms with Crippen LogP contribution in [0.4, 0.5) is 0 Å². The van der Waals surface area contributed by atoms with Gasteiger partial charge < -0.3 is 0 Å². The van der Waals surface area contributed by atoms with E-state index in [0.29, 0.717) is 5.82 Å². The van der Waals surface area contributed by atoms with Gasteiger partial charge in [-0.05, 0) is 17.5 Å². The van der Waals surface area contributed by atoms with Gasteiger partial charge in [0.1, 0.15) is 0 Å². The second-order valence-electron chi connectivity index (χ2n) is 3.09. The molecule has 0 amide bonds. The van der Waals surface area contributed by atoms with E-state index in [1.54, 1.807) is 41.1 Å². The van der Waals surface area contributed by atoms with E-state index in [2.05, 4.69) is 21.0 Å². The van der Waals surface area contributed by atoms with Gasteiger partial charge in [-0.15, -0.1) is 22.7 Å². The topological polar surface area (TPSA) is 38.7 Å². The lowest BCUT2D eigenvalue weighted by molar-refractivity contribution is 1.16. The summed E-state index contributed by atoms with van der Waals surface area (Å²) in [5, 5.41) is 4.95. The molecule has 0 fully saturated rings. The highest BCUT2D eigenvalue weighted by Crippen LogP contribution is 2.29. The minimum atomic E-state index is 0.690. The quantitative estimate of drug-likeness (QED) is 0.695. The predicted molar refractivity (Wildman–Crippen MR) is 66.5 cm³/mol. The summed E-state index contributed by atoms with van der Waals surface area (Å²) in [6.45, 7) is 0. The Labute approximate surface area is 100 Å². The summed E-state index contributed by atoms with van der Waals surface area (Å²) in [5.74, 6) is 0.690. The Balaban J connectivity index is 2.00. The fourth-order valence-electron chi connectivity index (χ4n) is 1.32. The van der Waals surface area contributed by atoms with Crippen LogP contribution in [0.25, 0.3) is 21.4 Å². The van der Waals surface area contributed by atoms with E-state index in [4.69, 9.17) is 0 Å². The standard InChI is InChI=1S/C11H7N3S2/c1-3-9(15-6-1)8-7-16-11(14-8)10-12-4-2-5-13-10/h1-7H. The molecule has 3 aromatic rings. The molecule has 0 saturated carbocycles. The highest BCUT2D eigenvalue weighted by molar-refractivity contribution is 7.15. The lowest BCUT2D eigenvalue weighted by atomic mass is 10.4. The highest BCUT2D eigenvalue weighted by Gasteiger charge is 2.08. The maximum absolute atomic E-state index is 4.53. The Morgan fingerprint density at radius 3 is 2.62 bits per heavy atom. The zero-order chi connectivity index (χ0) is 10.8. The van der Waals surface area contributed by atoms with E-state index in [1.165, 1.54) is 4.88 Å². The van der Waals surface area contributed by atoms with Gasteiger partial charge in [0.25, 0.3) is 0 Å². The van der Waals surface area contributed by atoms with E-state index in [9.17, 15) is 0 Å². The van der Waals surface area contributed by atoms with Gasteiger partial charge in [-0.1, -0.05) is 6.07 Å². The zero-order valence-electron chi connectivity index (χ0n) is 8.20. The molecule has 3 nitrogen and oxygen atoms in total. The van der Waals surface area contributed by atoms with Crippen LogP contribution in [0.5, 0.6) is 0 Å². The first kappa shape index (κ1) is 9.62. The second kappa shape index (κ2) is 4.11. The Hall–Kier alpha value is -1.59. The summed E-state index contributed by atoms with van der Waals surface area (Å²) in [5.41, 5.74) is 1.00. The Morgan fingerprint density at radius 2 is 1.88 bits per heavy atom. The van der Waals surface area contributed by atoms with Gasteiger partial charge in [0, 0.05) is 17.8 Å². The van der Waals surface area contributed by atoms with Crippen LogP contribution in [0.3, 0.4) is 0 Å². The summed E-state index contributed by atoms with van der Waals surface area (Å²) >= 11 is 3.26. The summed E-state index contributed by atoms with van der Waals surface area (Å²) < 4.78 is 0. The molecule has 0 aliphatic rings. The Bertz CT molecular complexity index is 572. The normalized spacial score (nSPS) is 10.5. The third-order valence-electron chi connectivity index (χ3n) is 2.03. The summed E-state index contributed by atoms with van der Waals surface area (Å²) in [6, 6.07) is 5.89. The molecule has 3 aromatic heterocycles. The third-order valence-corrected chi connectivity index (χ3v) is 3.77. The van der Waals surface area contributed by atoms with E-state index in [-0.39, 0.29) is 0 Å². The maximum atomic E-state index is 4.53. The molecular weight excluding hydrogens is 238 g/mol. The van der Waals surface area contributed by atoms with Gasteiger partial charge in [-0.2, -0.15) is 0 Å². The molecule has 0 bridgehead atoms. The van der Waals surface area contributed by atoms with Crippen LogP contribution < -0.4 is 0 Å². The summed E-state index contributed by atoms with van der Waals surface area (Å²) in [7, 11) is 0. The fourth-order valence-corrected chi connectivity index (χ4v) is 2.85. The largest absolute Gasteiger partial charge is 0.234 e. The third kappa shape index (κ3) is 1.75. The number of hydrogen-bond acceptors (Lipinski definition) is 5. The van der Waals surface area contributed by atoms with Crippen molar-refractivity contribution in [2.24, 2.45) is 0 Å². The Kier molecular flexibility index (Phi) is 2.47. The first-order valence-corrected chi connectivity index (χ1v) is 6.46. The van der Waals surface area contributed by atoms with Crippen molar-refractivity contribution in [2.45, 2.75) is 0 Å². The van der Waals surface area contributed by atoms with Crippen molar-refractivity contribution in [3.8, 4) is 21.4 Å². The van der Waals surface area contributed by atoms with Crippen molar-refractivity contribution in [3.63, 3.8) is 0 Å². The van der Waals surface area contributed by atoms with E-state index < -0.39 is 0 Å². The molecule has 5 heteroatoms. The van der Waals surface area contributed by atoms with Gasteiger partial charge in [0.15, 0.2) is 10.8 Å². The summed E-state index contributed by atoms with van der Waals surface area (Å²) in [4.78, 5) is 14.1. The molecule has 3 heterocycles. The average Bonchev–Trinajstić information content (AvgIpc) is 3.01. The molecule has 0 spiro atoms. The molecule has 0 unspecified atom stereocenters. The molecule has 0 aliphatic heterocycles. The summed E-state index contributed by atoms with van der Waals surface area (Å²) in [6.07, 6.45) is 3.46. The van der Waals surface area contributed by atoms with Gasteiger partial charge >= 0.3 is 0 Å². The molecule has 78 valence electrons. The number of rotatable bonds is 2. The number of thiazole rings is 1. The fraction of sp³-hybridized carbons (Fsp3) is 0. The van der Waals surface area contributed by atoms with Gasteiger partial charge in [-0.3, -0.25) is 0 Å². The van der Waals surface area contributed by atoms with E-state index in [0.717, 1.165) is 10.7 Å². The first-order chi connectivity index (χ1) is 7.93. The maximum Gasteiger partial charge on any atom is 0.188 e. The molecule has 0 saturated heterocycles. The first-order valence-electron chi connectivity index (χ1n) is 4.70. The number of nitrogens with zero attached hydrogens (tertiary/aromatic N) is 3. The van der Waals surface area contributed by atoms with Crippen molar-refractivity contribution < 1.29 is 0 Å². The second-order valence-corrected chi connectivity index (χ2v) is 4.89. The van der Waals surface area contributed by atoms with Crippen LogP contribution in [0.1, 0.15) is 0 Å². The smallest absolute Gasteiger partial charge is 0.188 e. The molecule has 16 heavy (non-hydrogen) atoms. The van der Waals surface area contributed by atoms with Crippen LogP contribution in [-0.4, -0.2) is 15.0 Å². The molecule has 0 aromatic carbocycles. The lowest BCUT2D eigenvalue weighted by Crippen LogP contribution is -1.85. The lowest BCUT2D eigenvalue weighted by Gasteiger charge is -1.91. The van der Waals surface area contributed by atoms with Crippen molar-refractivity contribution in [1.29, 1.82) is 0 Å². The van der Waals surface area contributed by atoms with Crippen LogP contribution in [0.15, 0.2) is 41.4 Å². The average molecular weight is 245 g/mol. The molecular formula is C11H7N3S2. The molecule has 3 rings (SSSR count). The van der Waals surface area contributed by atoms with Crippen LogP contribution in [0, 0.1) is 0 Å². The SMILES string of the molecule is c1cnc(-c2nc(-c3cccs3)cs2)nc1. The predicted octanol–water partition coefficient (Wildman–Crippen LogP) is 3.33. The number of aromatic nitrogens is 3. The van der Waals surface area contributed by atoms with Crippen molar-refractivity contribution >= 4 is 22.7 Å². The molecule has 0 aliphatic carbocycles. The zero-order valence-corrected chi connectivity index (χ0v) is 9.83. The van der Waals surface area contributed by atoms with Gasteiger partial charge in [0.2, 0.25) is 0 Å². The van der Waals surface area contributed by atoms with E-state index in [1.807, 2.05) is 16.8 Å². The number of hydrogen-bond donors (Lipinski definition) is 0. The minimum absolute atomic E-state index is 0.690. The van der Waals surface area contributed by atoms with Crippen molar-refractivity contribution in [1.82, 2.24) is 15.0 Å². The van der Waals surface area contributed by atoms with Crippen molar-refractivity contribution in [2.75, 3.05) is 0 Å². The highest BCUT2D eigenvalue weighted by atomic mass is 32.1. The molecule has 0 atom stereocenters. The molecule has 0 N–H and O–H groups in total. The van der Waals surface area contributed by atoms with Crippen LogP contribution in [0.2, 0.25) is 0 Å².